The number of ketones is 1. The van der Waals surface area contributed by atoms with Gasteiger partial charge in [-0.2, -0.15) is 43.0 Å². The summed E-state index contributed by atoms with van der Waals surface area (Å²) in [7, 11) is -11.7. The molecule has 2 unspecified atom stereocenters. The Morgan fingerprint density at radius 3 is 1.82 bits per heavy atom. The number of hydrogen-bond donors (Lipinski definition) is 7. The Hall–Kier alpha value is -1.41. The quantitative estimate of drug-likeness (QED) is 0.0270. The number of nitrogens with zero attached hydrogens (tertiary/aromatic N) is 2. The number of esters is 1. The van der Waals surface area contributed by atoms with Crippen LogP contribution in [0.5, 0.6) is 0 Å². The topological polar surface area (TPSA) is 313 Å². The first-order chi connectivity index (χ1) is 30.6. The van der Waals surface area contributed by atoms with Crippen LogP contribution in [0, 0.1) is 0 Å². The number of halogens is 3. The predicted octanol–water partition coefficient (Wildman–Crippen LogP) is 1.10. The summed E-state index contributed by atoms with van der Waals surface area (Å²) in [6, 6.07) is 3.27. The van der Waals surface area contributed by atoms with Crippen molar-refractivity contribution in [1.82, 2.24) is 4.90 Å². The molecule has 0 bridgehead atoms. The van der Waals surface area contributed by atoms with Crippen LogP contribution < -0.4 is 4.57 Å². The molecule has 0 aliphatic carbocycles. The molecule has 0 aromatic carbocycles. The Labute approximate surface area is 414 Å². The molecule has 3 aliphatic heterocycles. The predicted molar refractivity (Wildman–Crippen MR) is 232 cm³/mol. The van der Waals surface area contributed by atoms with Crippen molar-refractivity contribution < 1.29 is 102 Å². The van der Waals surface area contributed by atoms with Gasteiger partial charge in [-0.05, 0) is 25.3 Å². The van der Waals surface area contributed by atoms with E-state index in [9.17, 15) is 43.2 Å². The van der Waals surface area contributed by atoms with E-state index >= 15 is 0 Å². The second-order valence-electron chi connectivity index (χ2n) is 14.2. The number of ether oxygens (including phenoxy) is 3. The first kappa shape index (κ1) is 66.7. The van der Waals surface area contributed by atoms with Gasteiger partial charge in [-0.3, -0.25) is 9.35 Å². The van der Waals surface area contributed by atoms with Crippen LogP contribution in [0.4, 0.5) is 13.2 Å². The van der Waals surface area contributed by atoms with Gasteiger partial charge >= 0.3 is 83.7 Å². The molecule has 2 saturated heterocycles. The molecule has 3 aliphatic rings. The minimum absolute atomic E-state index is 0. The molecule has 372 valence electrons. The third-order valence-corrected chi connectivity index (χ3v) is 10.8. The van der Waals surface area contributed by atoms with Gasteiger partial charge in [0.25, 0.3) is 6.23 Å². The number of carbonyl (C=O) groups excluding carboxylic acids is 2. The number of hydrogen-bond acceptors (Lipinski definition) is 18. The number of Topliss-reactive ketones (excluding diaryl/α,β-unsaturated/α-hetero) is 1. The molecule has 1 aromatic heterocycles. The number of pyridine rings is 1. The molecule has 66 heavy (non-hydrogen) atoms. The number of rotatable bonds is 18. The number of unbranched alkanes of at least 4 members (excludes halogenated alkanes) is 8. The van der Waals surface area contributed by atoms with Crippen molar-refractivity contribution >= 4 is 84.0 Å². The SMILES string of the molecule is C.CCCCCCCC(=O)C1=CN([C@@H]2O[C@H](CO)[C@H](O)C2O)C=CC1.CCCCCCCOC(=O)c1ccc[n+]([C@@H]2O[C@H](CO)[C@H](O)C2O)c1.O=S(=O)(O)C(F)(F)F.O=S(=O)=S(=O)=O.[Na][Na]. The zero-order valence-corrected chi connectivity index (χ0v) is 43.1. The molecule has 4 heterocycles. The number of alkyl halides is 3. The normalized spacial score (nSPS) is 23.2. The van der Waals surface area contributed by atoms with E-state index < -0.39 is 95.8 Å². The van der Waals surface area contributed by atoms with Crippen molar-refractivity contribution in [3.8, 4) is 0 Å². The molecule has 2 fully saturated rings. The van der Waals surface area contributed by atoms with Crippen molar-refractivity contribution in [3.05, 3.63) is 54.1 Å². The first-order valence-electron chi connectivity index (χ1n) is 20.9. The Balaban J connectivity index is 0. The van der Waals surface area contributed by atoms with E-state index in [0.717, 1.165) is 38.5 Å². The zero-order chi connectivity index (χ0) is 49.9. The molecule has 0 spiro atoms. The standard InChI is InChI=1S/C18H28NO6.C18H29NO5.CHF3O3S.CH4.2Na.O4S2/c1-2-3-4-5-6-10-24-18(23)13-8-7-9-19(11-13)17-16(22)15(21)14(12-20)25-17;1-2-3-4-5-6-9-14(21)13-8-7-10-19(11-13)18-17(23)16(22)15(12-20)24-18;2-1(3,4)8(5,6)7;;;;1-5(2)6(3)4/h7-9,11,14-17,20-22H,2-6,10,12H2,1H3;7,10-11,15-18,20,22-23H,2-6,8-9,12H2,1H3;(H,5,6,7);1H4;;;/q+1;;;;;;/t14-,15+,16?,17-;15-,16+,17?,18-;;;;;/m11...../s1. The van der Waals surface area contributed by atoms with E-state index in [1.807, 2.05) is 6.08 Å². The van der Waals surface area contributed by atoms with E-state index in [0.29, 0.717) is 30.6 Å². The van der Waals surface area contributed by atoms with E-state index in [4.69, 9.17) is 54.2 Å². The van der Waals surface area contributed by atoms with Crippen LogP contribution in [0.1, 0.15) is 115 Å². The molecule has 0 amide bonds. The summed E-state index contributed by atoms with van der Waals surface area (Å²) in [6.07, 6.45) is 12.5. The first-order valence-corrected chi connectivity index (χ1v) is 33.0. The monoisotopic (exact) mass is 1030 g/mol. The van der Waals surface area contributed by atoms with Crippen LogP contribution in [0.3, 0.4) is 0 Å². The van der Waals surface area contributed by atoms with Crippen molar-refractivity contribution in [3.63, 3.8) is 0 Å². The molecule has 4 rings (SSSR count). The second kappa shape index (κ2) is 35.7. The van der Waals surface area contributed by atoms with Gasteiger partial charge in [-0.25, -0.2) is 4.79 Å². The van der Waals surface area contributed by atoms with Gasteiger partial charge in [0.1, 0.15) is 36.1 Å². The zero-order valence-electron chi connectivity index (χ0n) is 36.6. The van der Waals surface area contributed by atoms with Crippen LogP contribution in [-0.2, 0) is 47.7 Å². The van der Waals surface area contributed by atoms with Crippen molar-refractivity contribution in [2.75, 3.05) is 19.8 Å². The fraction of sp³-hybridized carbons (Fsp3) is 0.711. The van der Waals surface area contributed by atoms with E-state index in [1.54, 1.807) is 35.6 Å². The number of allylic oxidation sites excluding steroid dienone is 2. The number of carbonyl (C=O) groups is 2. The molecule has 20 nitrogen and oxygen atoms in total. The average Bonchev–Trinajstić information content (AvgIpc) is 3.74. The van der Waals surface area contributed by atoms with E-state index in [-0.39, 0.29) is 19.8 Å². The molecular formula is C38H62F3N2Na2O18S3+. The van der Waals surface area contributed by atoms with Gasteiger partial charge < -0.3 is 49.7 Å². The summed E-state index contributed by atoms with van der Waals surface area (Å²) in [4.78, 5) is 26.1. The fourth-order valence-corrected chi connectivity index (χ4v) is 5.95. The Kier molecular flexibility index (Phi) is 36.0. The summed E-state index contributed by atoms with van der Waals surface area (Å²) < 4.78 is 112. The summed E-state index contributed by atoms with van der Waals surface area (Å²) in [5, 5.41) is 58.2. The molecule has 1 aromatic rings. The second-order valence-corrected chi connectivity index (χ2v) is 18.0. The summed E-state index contributed by atoms with van der Waals surface area (Å²) in [5.74, 6) is -0.316. The summed E-state index contributed by atoms with van der Waals surface area (Å²) in [5.41, 5.74) is -4.51. The molecule has 0 saturated carbocycles. The summed E-state index contributed by atoms with van der Waals surface area (Å²) >= 11 is 2.89. The van der Waals surface area contributed by atoms with Gasteiger partial charge in [0.15, 0.2) is 30.5 Å². The average molecular weight is 1030 g/mol. The number of aliphatic hydroxyl groups excluding tert-OH is 6. The molecule has 28 heteroatoms. The van der Waals surface area contributed by atoms with Gasteiger partial charge in [0, 0.05) is 30.5 Å². The fourth-order valence-electron chi connectivity index (χ4n) is 5.95. The maximum absolute atomic E-state index is 12.3. The molecule has 0 radical (unpaired) electrons. The van der Waals surface area contributed by atoms with Gasteiger partial charge in [-0.1, -0.05) is 78.7 Å². The Morgan fingerprint density at radius 1 is 0.848 bits per heavy atom. The third-order valence-electron chi connectivity index (χ3n) is 9.35. The number of aliphatic hydroxyl groups is 6. The van der Waals surface area contributed by atoms with Crippen molar-refractivity contribution in [2.24, 2.45) is 0 Å². The van der Waals surface area contributed by atoms with E-state index in [1.165, 1.54) is 80.1 Å². The van der Waals surface area contributed by atoms with Crippen LogP contribution in [0.2, 0.25) is 0 Å². The maximum atomic E-state index is 12.3. The van der Waals surface area contributed by atoms with Crippen LogP contribution in [0.15, 0.2) is 48.6 Å². The molecule has 8 atom stereocenters. The van der Waals surface area contributed by atoms with Crippen molar-refractivity contribution in [1.29, 1.82) is 0 Å². The molecule has 7 N–H and O–H groups in total. The van der Waals surface area contributed by atoms with Crippen molar-refractivity contribution in [2.45, 2.75) is 153 Å². The third kappa shape index (κ3) is 24.4. The number of aromatic nitrogens is 1. The van der Waals surface area contributed by atoms with E-state index in [2.05, 4.69) is 13.8 Å². The summed E-state index contributed by atoms with van der Waals surface area (Å²) in [6.45, 7) is 3.94. The van der Waals surface area contributed by atoms with Gasteiger partial charge in [-0.15, -0.1) is 0 Å². The van der Waals surface area contributed by atoms with Crippen LogP contribution in [0.25, 0.3) is 0 Å². The van der Waals surface area contributed by atoms with Crippen LogP contribution >= 0.6 is 0 Å². The Bertz CT molecular complexity index is 1970. The van der Waals surface area contributed by atoms with Crippen LogP contribution in [-0.4, -0.2) is 189 Å². The van der Waals surface area contributed by atoms with Gasteiger partial charge in [0.05, 0.1) is 19.8 Å². The minimum atomic E-state index is -5.84. The Morgan fingerprint density at radius 2 is 1.35 bits per heavy atom. The van der Waals surface area contributed by atoms with Gasteiger partial charge in [0.2, 0.25) is 0 Å². The molecular weight excluding hydrogens is 972 g/mol.